The molecule has 1 amide bonds. The minimum atomic E-state index is -2.86. The molecule has 0 spiro atoms. The summed E-state index contributed by atoms with van der Waals surface area (Å²) in [7, 11) is 1.69. The van der Waals surface area contributed by atoms with Crippen LogP contribution < -0.4 is 4.74 Å². The fraction of sp³-hybridized carbons (Fsp3) is 0.200. The molecule has 0 unspecified atom stereocenters. The van der Waals surface area contributed by atoms with Gasteiger partial charge in [-0.2, -0.15) is 8.78 Å². The van der Waals surface area contributed by atoms with E-state index in [1.165, 1.54) is 23.9 Å². The monoisotopic (exact) mass is 437 g/mol. The van der Waals surface area contributed by atoms with Crippen LogP contribution in [0.4, 0.5) is 8.78 Å². The van der Waals surface area contributed by atoms with Crippen LogP contribution in [-0.2, 0) is 11.3 Å². The number of aromatic nitrogens is 2. The molecule has 3 aromatic rings. The van der Waals surface area contributed by atoms with E-state index >= 15 is 0 Å². The van der Waals surface area contributed by atoms with Crippen molar-refractivity contribution in [2.75, 3.05) is 12.8 Å². The molecule has 0 fully saturated rings. The smallest absolute Gasteiger partial charge is 0.387 e. The molecule has 0 atom stereocenters. The molecule has 3 rings (SSSR count). The van der Waals surface area contributed by atoms with Gasteiger partial charge in [-0.3, -0.25) is 9.36 Å². The van der Waals surface area contributed by atoms with E-state index in [0.717, 1.165) is 11.3 Å². The lowest BCUT2D eigenvalue weighted by Gasteiger charge is -2.17. The Kier molecular flexibility index (Phi) is 7.11. The van der Waals surface area contributed by atoms with Gasteiger partial charge in [0.15, 0.2) is 5.16 Å². The van der Waals surface area contributed by atoms with Crippen LogP contribution in [0.2, 0.25) is 5.02 Å². The van der Waals surface area contributed by atoms with Gasteiger partial charge in [0.2, 0.25) is 5.91 Å². The zero-order valence-electron chi connectivity index (χ0n) is 15.5. The van der Waals surface area contributed by atoms with Gasteiger partial charge in [-0.25, -0.2) is 4.98 Å². The second-order valence-corrected chi connectivity index (χ2v) is 7.50. The maximum absolute atomic E-state index is 12.5. The summed E-state index contributed by atoms with van der Waals surface area (Å²) in [5, 5.41) is 1.30. The summed E-state index contributed by atoms with van der Waals surface area (Å²) in [4.78, 5) is 18.4. The first-order chi connectivity index (χ1) is 13.9. The number of hydrogen-bond acceptors (Lipinski definition) is 4. The zero-order chi connectivity index (χ0) is 20.8. The highest BCUT2D eigenvalue weighted by Crippen LogP contribution is 2.23. The van der Waals surface area contributed by atoms with E-state index in [2.05, 4.69) is 9.72 Å². The number of carbonyl (C=O) groups excluding carboxylic acids is 1. The molecule has 0 N–H and O–H groups in total. The second kappa shape index (κ2) is 9.76. The summed E-state index contributed by atoms with van der Waals surface area (Å²) in [5.74, 6) is 0.213. The lowest BCUT2D eigenvalue weighted by atomic mass is 10.2. The molecule has 1 heterocycles. The van der Waals surface area contributed by atoms with Crippen molar-refractivity contribution in [3.63, 3.8) is 0 Å². The highest BCUT2D eigenvalue weighted by atomic mass is 35.5. The minimum Gasteiger partial charge on any atom is -0.435 e. The number of benzene rings is 2. The van der Waals surface area contributed by atoms with E-state index in [1.807, 2.05) is 29.0 Å². The molecule has 0 aliphatic heterocycles. The molecule has 152 valence electrons. The van der Waals surface area contributed by atoms with Crippen LogP contribution in [0.1, 0.15) is 5.56 Å². The number of amides is 1. The van der Waals surface area contributed by atoms with E-state index < -0.39 is 6.61 Å². The van der Waals surface area contributed by atoms with Crippen LogP contribution in [0.3, 0.4) is 0 Å². The number of alkyl halides is 2. The fourth-order valence-corrected chi connectivity index (χ4v) is 3.69. The normalized spacial score (nSPS) is 10.9. The van der Waals surface area contributed by atoms with Crippen LogP contribution in [0.25, 0.3) is 5.69 Å². The van der Waals surface area contributed by atoms with Gasteiger partial charge >= 0.3 is 6.61 Å². The Labute approximate surface area is 176 Å². The van der Waals surface area contributed by atoms with E-state index in [0.29, 0.717) is 16.7 Å². The number of hydrogen-bond donors (Lipinski definition) is 0. The SMILES string of the molecule is CN(Cc1ccc(OC(F)F)cc1)C(=O)CSc1nccn1-c1cccc(Cl)c1. The third-order valence-electron chi connectivity index (χ3n) is 4.01. The number of ether oxygens (including phenoxy) is 1. The Morgan fingerprint density at radius 2 is 2.03 bits per heavy atom. The molecule has 2 aromatic carbocycles. The number of imidazole rings is 1. The molecule has 0 aliphatic carbocycles. The van der Waals surface area contributed by atoms with Crippen LogP contribution >= 0.6 is 23.4 Å². The lowest BCUT2D eigenvalue weighted by Crippen LogP contribution is -2.27. The molecule has 29 heavy (non-hydrogen) atoms. The van der Waals surface area contributed by atoms with Gasteiger partial charge in [-0.05, 0) is 35.9 Å². The summed E-state index contributed by atoms with van der Waals surface area (Å²) >= 11 is 7.37. The topological polar surface area (TPSA) is 47.4 Å². The number of carbonyl (C=O) groups is 1. The zero-order valence-corrected chi connectivity index (χ0v) is 17.0. The van der Waals surface area contributed by atoms with E-state index in [9.17, 15) is 13.6 Å². The number of rotatable bonds is 8. The van der Waals surface area contributed by atoms with Gasteiger partial charge in [-0.15, -0.1) is 0 Å². The van der Waals surface area contributed by atoms with Gasteiger partial charge < -0.3 is 9.64 Å². The first-order valence-electron chi connectivity index (χ1n) is 8.62. The van der Waals surface area contributed by atoms with E-state index in [4.69, 9.17) is 11.6 Å². The Morgan fingerprint density at radius 1 is 1.28 bits per heavy atom. The van der Waals surface area contributed by atoms with Crippen molar-refractivity contribution >= 4 is 29.3 Å². The molecule has 0 saturated heterocycles. The average molecular weight is 438 g/mol. The first kappa shape index (κ1) is 21.1. The number of thioether (sulfide) groups is 1. The highest BCUT2D eigenvalue weighted by molar-refractivity contribution is 7.99. The van der Waals surface area contributed by atoms with E-state index in [1.54, 1.807) is 36.3 Å². The van der Waals surface area contributed by atoms with Crippen molar-refractivity contribution in [1.82, 2.24) is 14.5 Å². The van der Waals surface area contributed by atoms with Gasteiger partial charge in [-0.1, -0.05) is 41.6 Å². The van der Waals surface area contributed by atoms with Crippen molar-refractivity contribution in [3.05, 3.63) is 71.5 Å². The summed E-state index contributed by atoms with van der Waals surface area (Å²) in [6.07, 6.45) is 3.48. The Hall–Kier alpha value is -2.58. The van der Waals surface area contributed by atoms with Gasteiger partial charge in [0.25, 0.3) is 0 Å². The van der Waals surface area contributed by atoms with Crippen LogP contribution in [0.15, 0.2) is 66.1 Å². The molecule has 5 nitrogen and oxygen atoms in total. The van der Waals surface area contributed by atoms with Crippen molar-refractivity contribution < 1.29 is 18.3 Å². The Morgan fingerprint density at radius 3 is 2.72 bits per heavy atom. The first-order valence-corrected chi connectivity index (χ1v) is 9.98. The lowest BCUT2D eigenvalue weighted by molar-refractivity contribution is -0.127. The Bertz CT molecular complexity index is 966. The molecule has 0 radical (unpaired) electrons. The van der Waals surface area contributed by atoms with E-state index in [-0.39, 0.29) is 17.4 Å². The van der Waals surface area contributed by atoms with Crippen molar-refractivity contribution in [2.45, 2.75) is 18.3 Å². The van der Waals surface area contributed by atoms with Crippen LogP contribution in [0.5, 0.6) is 5.75 Å². The maximum atomic E-state index is 12.5. The van der Waals surface area contributed by atoms with Crippen molar-refractivity contribution in [1.29, 1.82) is 0 Å². The van der Waals surface area contributed by atoms with Gasteiger partial charge in [0.1, 0.15) is 5.75 Å². The number of nitrogens with zero attached hydrogens (tertiary/aromatic N) is 3. The van der Waals surface area contributed by atoms with Crippen LogP contribution in [-0.4, -0.2) is 39.8 Å². The summed E-state index contributed by atoms with van der Waals surface area (Å²) in [6.45, 7) is -2.50. The third kappa shape index (κ3) is 5.95. The summed E-state index contributed by atoms with van der Waals surface area (Å²) < 4.78 is 30.6. The minimum absolute atomic E-state index is 0.0800. The average Bonchev–Trinajstić information content (AvgIpc) is 3.16. The maximum Gasteiger partial charge on any atom is 0.387 e. The summed E-state index contributed by atoms with van der Waals surface area (Å²) in [5.41, 5.74) is 1.68. The van der Waals surface area contributed by atoms with Crippen LogP contribution in [0, 0.1) is 0 Å². The highest BCUT2D eigenvalue weighted by Gasteiger charge is 2.13. The fourth-order valence-electron chi connectivity index (χ4n) is 2.59. The second-order valence-electron chi connectivity index (χ2n) is 6.12. The summed E-state index contributed by atoms with van der Waals surface area (Å²) in [6, 6.07) is 13.6. The van der Waals surface area contributed by atoms with Gasteiger partial charge in [0, 0.05) is 36.7 Å². The molecule has 9 heteroatoms. The molecular weight excluding hydrogens is 420 g/mol. The van der Waals surface area contributed by atoms with Crippen molar-refractivity contribution in [3.8, 4) is 11.4 Å². The number of halogens is 3. The third-order valence-corrected chi connectivity index (χ3v) is 5.20. The van der Waals surface area contributed by atoms with Gasteiger partial charge in [0.05, 0.1) is 5.75 Å². The quantitative estimate of drug-likeness (QED) is 0.471. The molecule has 0 bridgehead atoms. The largest absolute Gasteiger partial charge is 0.435 e. The van der Waals surface area contributed by atoms with Crippen molar-refractivity contribution in [2.24, 2.45) is 0 Å². The molecule has 0 saturated carbocycles. The molecule has 0 aliphatic rings. The Balaban J connectivity index is 1.56. The predicted molar refractivity (Wildman–Crippen MR) is 109 cm³/mol. The standard InChI is InChI=1S/C20H18ClF2N3O2S/c1-25(12-14-5-7-17(8-6-14)28-19(22)23)18(27)13-29-20-24-9-10-26(20)16-4-2-3-15(21)11-16/h2-11,19H,12-13H2,1H3. The molecule has 1 aromatic heterocycles. The molecular formula is C20H18ClF2N3O2S. The predicted octanol–water partition coefficient (Wildman–Crippen LogP) is 4.88.